The van der Waals surface area contributed by atoms with Crippen molar-refractivity contribution in [1.82, 2.24) is 20.2 Å². The van der Waals surface area contributed by atoms with Crippen molar-refractivity contribution in [3.63, 3.8) is 0 Å². The van der Waals surface area contributed by atoms with Crippen LogP contribution in [0.1, 0.15) is 33.0 Å². The van der Waals surface area contributed by atoms with Crippen molar-refractivity contribution < 1.29 is 14.3 Å². The SMILES string of the molecule is CCOC1CC(N)(C(=O)Nc2ccc(OC)c(-n3nnnc3C)c2)C1(C)C. The number of nitrogens with one attached hydrogen (secondary N) is 1. The first-order valence-electron chi connectivity index (χ1n) is 8.90. The summed E-state index contributed by atoms with van der Waals surface area (Å²) in [7, 11) is 1.57. The lowest BCUT2D eigenvalue weighted by Gasteiger charge is -2.57. The molecule has 1 amide bonds. The fourth-order valence-corrected chi connectivity index (χ4v) is 3.45. The van der Waals surface area contributed by atoms with Crippen molar-refractivity contribution in [2.45, 2.75) is 45.8 Å². The Hall–Kier alpha value is -2.52. The topological polar surface area (TPSA) is 117 Å². The van der Waals surface area contributed by atoms with Gasteiger partial charge in [-0.25, -0.2) is 0 Å². The van der Waals surface area contributed by atoms with Crippen molar-refractivity contribution in [3.05, 3.63) is 24.0 Å². The molecule has 146 valence electrons. The molecule has 0 saturated heterocycles. The second kappa shape index (κ2) is 6.90. The fourth-order valence-electron chi connectivity index (χ4n) is 3.45. The lowest BCUT2D eigenvalue weighted by molar-refractivity contribution is -0.166. The summed E-state index contributed by atoms with van der Waals surface area (Å²) in [4.78, 5) is 12.9. The summed E-state index contributed by atoms with van der Waals surface area (Å²) < 4.78 is 12.6. The smallest absolute Gasteiger partial charge is 0.245 e. The normalized spacial score (nSPS) is 23.6. The van der Waals surface area contributed by atoms with Gasteiger partial charge in [0.1, 0.15) is 17.0 Å². The van der Waals surface area contributed by atoms with Crippen LogP contribution in [-0.4, -0.2) is 51.5 Å². The number of nitrogens with two attached hydrogens (primary N) is 1. The van der Waals surface area contributed by atoms with E-state index in [1.165, 1.54) is 0 Å². The third kappa shape index (κ3) is 3.06. The van der Waals surface area contributed by atoms with Crippen molar-refractivity contribution in [2.24, 2.45) is 11.1 Å². The molecule has 0 aliphatic heterocycles. The third-order valence-electron chi connectivity index (χ3n) is 5.53. The van der Waals surface area contributed by atoms with Crippen molar-refractivity contribution in [3.8, 4) is 11.4 Å². The van der Waals surface area contributed by atoms with E-state index in [1.54, 1.807) is 36.9 Å². The zero-order chi connectivity index (χ0) is 19.8. The lowest BCUT2D eigenvalue weighted by atomic mass is 9.54. The molecule has 9 nitrogen and oxygen atoms in total. The Bertz CT molecular complexity index is 849. The van der Waals surface area contributed by atoms with Crippen LogP contribution in [0.2, 0.25) is 0 Å². The van der Waals surface area contributed by atoms with Gasteiger partial charge in [-0.2, -0.15) is 4.68 Å². The van der Waals surface area contributed by atoms with Crippen molar-refractivity contribution >= 4 is 11.6 Å². The summed E-state index contributed by atoms with van der Waals surface area (Å²) in [5, 5.41) is 14.4. The Morgan fingerprint density at radius 3 is 2.74 bits per heavy atom. The number of aryl methyl sites for hydroxylation is 1. The maximum atomic E-state index is 12.9. The number of carbonyl (C=O) groups excluding carboxylic acids is 1. The van der Waals surface area contributed by atoms with Gasteiger partial charge in [0, 0.05) is 24.1 Å². The molecule has 0 spiro atoms. The van der Waals surface area contributed by atoms with Gasteiger partial charge >= 0.3 is 0 Å². The fraction of sp³-hybridized carbons (Fsp3) is 0.556. The summed E-state index contributed by atoms with van der Waals surface area (Å²) in [6.07, 6.45) is 0.447. The maximum Gasteiger partial charge on any atom is 0.245 e. The van der Waals surface area contributed by atoms with Crippen LogP contribution in [0.15, 0.2) is 18.2 Å². The highest BCUT2D eigenvalue weighted by Crippen LogP contribution is 2.50. The molecule has 2 atom stereocenters. The van der Waals surface area contributed by atoms with Gasteiger partial charge < -0.3 is 20.5 Å². The molecular weight excluding hydrogens is 348 g/mol. The Balaban J connectivity index is 1.84. The minimum Gasteiger partial charge on any atom is -0.494 e. The second-order valence-electron chi connectivity index (χ2n) is 7.32. The quantitative estimate of drug-likeness (QED) is 0.786. The molecule has 1 aliphatic rings. The van der Waals surface area contributed by atoms with Gasteiger partial charge in [-0.15, -0.1) is 5.10 Å². The van der Waals surface area contributed by atoms with Crippen molar-refractivity contribution in [2.75, 3.05) is 19.0 Å². The Kier molecular flexibility index (Phi) is 4.92. The summed E-state index contributed by atoms with van der Waals surface area (Å²) in [5.74, 6) is 0.950. The van der Waals surface area contributed by atoms with E-state index in [1.807, 2.05) is 20.8 Å². The average molecular weight is 374 g/mol. The summed E-state index contributed by atoms with van der Waals surface area (Å²) in [5.41, 5.74) is 6.20. The molecule has 2 aromatic rings. The average Bonchev–Trinajstić information content (AvgIpc) is 3.07. The molecule has 1 saturated carbocycles. The largest absolute Gasteiger partial charge is 0.494 e. The predicted octanol–water partition coefficient (Wildman–Crippen LogP) is 1.45. The number of anilines is 1. The Morgan fingerprint density at radius 1 is 1.44 bits per heavy atom. The summed E-state index contributed by atoms with van der Waals surface area (Å²) in [6.45, 7) is 8.23. The molecule has 27 heavy (non-hydrogen) atoms. The van der Waals surface area contributed by atoms with E-state index in [9.17, 15) is 4.79 Å². The van der Waals surface area contributed by atoms with E-state index in [-0.39, 0.29) is 12.0 Å². The van der Waals surface area contributed by atoms with Gasteiger partial charge in [-0.05, 0) is 42.5 Å². The molecular formula is C18H26N6O3. The number of rotatable bonds is 6. The lowest BCUT2D eigenvalue weighted by Crippen LogP contribution is -2.74. The number of hydrogen-bond acceptors (Lipinski definition) is 7. The molecule has 3 rings (SSSR count). The van der Waals surface area contributed by atoms with Crippen LogP contribution >= 0.6 is 0 Å². The molecule has 1 aromatic carbocycles. The molecule has 0 bridgehead atoms. The number of amides is 1. The van der Waals surface area contributed by atoms with Gasteiger partial charge in [0.15, 0.2) is 5.82 Å². The van der Waals surface area contributed by atoms with E-state index < -0.39 is 11.0 Å². The summed E-state index contributed by atoms with van der Waals surface area (Å²) in [6, 6.07) is 5.27. The van der Waals surface area contributed by atoms with Crippen LogP contribution < -0.4 is 15.8 Å². The second-order valence-corrected chi connectivity index (χ2v) is 7.32. The number of ether oxygens (including phenoxy) is 2. The molecule has 1 heterocycles. The highest BCUT2D eigenvalue weighted by atomic mass is 16.5. The molecule has 9 heteroatoms. The third-order valence-corrected chi connectivity index (χ3v) is 5.53. The van der Waals surface area contributed by atoms with E-state index in [4.69, 9.17) is 15.2 Å². The molecule has 1 fully saturated rings. The Morgan fingerprint density at radius 2 is 2.19 bits per heavy atom. The number of nitrogens with zero attached hydrogens (tertiary/aromatic N) is 4. The molecule has 1 aliphatic carbocycles. The zero-order valence-corrected chi connectivity index (χ0v) is 16.3. The van der Waals surface area contributed by atoms with E-state index in [0.717, 1.165) is 0 Å². The van der Waals surface area contributed by atoms with Crippen LogP contribution in [0.3, 0.4) is 0 Å². The zero-order valence-electron chi connectivity index (χ0n) is 16.3. The van der Waals surface area contributed by atoms with Gasteiger partial charge in [0.2, 0.25) is 5.91 Å². The first-order valence-corrected chi connectivity index (χ1v) is 8.90. The highest BCUT2D eigenvalue weighted by Gasteiger charge is 2.62. The number of benzene rings is 1. The first kappa shape index (κ1) is 19.2. The van der Waals surface area contributed by atoms with E-state index in [0.29, 0.717) is 36.0 Å². The van der Waals surface area contributed by atoms with E-state index in [2.05, 4.69) is 20.8 Å². The molecule has 2 unspecified atom stereocenters. The van der Waals surface area contributed by atoms with Crippen LogP contribution in [-0.2, 0) is 9.53 Å². The maximum absolute atomic E-state index is 12.9. The number of tetrazole rings is 1. The van der Waals surface area contributed by atoms with Gasteiger partial charge in [-0.1, -0.05) is 13.8 Å². The van der Waals surface area contributed by atoms with Crippen LogP contribution in [0.4, 0.5) is 5.69 Å². The van der Waals surface area contributed by atoms with Crippen LogP contribution in [0.5, 0.6) is 5.75 Å². The first-order chi connectivity index (χ1) is 12.7. The van der Waals surface area contributed by atoms with Crippen LogP contribution in [0.25, 0.3) is 5.69 Å². The monoisotopic (exact) mass is 374 g/mol. The predicted molar refractivity (Wildman–Crippen MR) is 99.8 cm³/mol. The van der Waals surface area contributed by atoms with Gasteiger partial charge in [0.05, 0.1) is 13.2 Å². The molecule has 1 aromatic heterocycles. The minimum absolute atomic E-state index is 0.0337. The van der Waals surface area contributed by atoms with Gasteiger partial charge in [-0.3, -0.25) is 4.79 Å². The number of methoxy groups -OCH3 is 1. The standard InChI is InChI=1S/C18H26N6O3/c1-6-27-15-10-18(19,17(15,3)4)16(25)20-12-7-8-14(26-5)13(9-12)24-11(2)21-22-23-24/h7-9,15H,6,10,19H2,1-5H3,(H,20,25). The molecule has 3 N–H and O–H groups in total. The summed E-state index contributed by atoms with van der Waals surface area (Å²) >= 11 is 0. The molecule has 0 radical (unpaired) electrons. The number of carbonyl (C=O) groups is 1. The van der Waals surface area contributed by atoms with Crippen molar-refractivity contribution in [1.29, 1.82) is 0 Å². The minimum atomic E-state index is -1.00. The van der Waals surface area contributed by atoms with Crippen LogP contribution in [0, 0.1) is 12.3 Å². The highest BCUT2D eigenvalue weighted by molar-refractivity contribution is 6.00. The Labute approximate surface area is 158 Å². The van der Waals surface area contributed by atoms with E-state index >= 15 is 0 Å². The van der Waals surface area contributed by atoms with Gasteiger partial charge in [0.25, 0.3) is 0 Å². The number of aromatic nitrogens is 4. The number of hydrogen-bond donors (Lipinski definition) is 2.